The molecule has 3 heterocycles. The van der Waals surface area contributed by atoms with E-state index in [1.165, 1.54) is 12.8 Å². The van der Waals surface area contributed by atoms with E-state index in [0.717, 1.165) is 54.7 Å². The van der Waals surface area contributed by atoms with Gasteiger partial charge in [0.25, 0.3) is 0 Å². The standard InChI is InChI=1S/C22H29N5O/c1-15-8-11-27(12-9-15)22-24-14-18-13-17(6-7-20(18)26-22)21(28)25-16(2)19-5-3-4-10-23-19/h3-5,10,14-17H,6-9,11-13H2,1-2H3,(H,25,28). The Kier molecular flexibility index (Phi) is 5.55. The molecule has 28 heavy (non-hydrogen) atoms. The van der Waals surface area contributed by atoms with Crippen molar-refractivity contribution >= 4 is 11.9 Å². The summed E-state index contributed by atoms with van der Waals surface area (Å²) < 4.78 is 0. The Hall–Kier alpha value is -2.50. The fourth-order valence-corrected chi connectivity index (χ4v) is 4.12. The minimum atomic E-state index is -0.0878. The van der Waals surface area contributed by atoms with Crippen LogP contribution in [0.3, 0.4) is 0 Å². The Morgan fingerprint density at radius 1 is 1.21 bits per heavy atom. The van der Waals surface area contributed by atoms with Crippen molar-refractivity contribution in [2.24, 2.45) is 11.8 Å². The number of nitrogens with zero attached hydrogens (tertiary/aromatic N) is 4. The van der Waals surface area contributed by atoms with Crippen LogP contribution in [0, 0.1) is 11.8 Å². The van der Waals surface area contributed by atoms with E-state index in [0.29, 0.717) is 6.42 Å². The van der Waals surface area contributed by atoms with Crippen LogP contribution in [0.5, 0.6) is 0 Å². The second-order valence-electron chi connectivity index (χ2n) is 8.24. The number of aryl methyl sites for hydroxylation is 1. The van der Waals surface area contributed by atoms with Crippen molar-refractivity contribution in [1.82, 2.24) is 20.3 Å². The van der Waals surface area contributed by atoms with E-state index in [1.54, 1.807) is 6.20 Å². The van der Waals surface area contributed by atoms with Gasteiger partial charge in [-0.25, -0.2) is 9.97 Å². The monoisotopic (exact) mass is 379 g/mol. The van der Waals surface area contributed by atoms with Gasteiger partial charge in [-0.3, -0.25) is 9.78 Å². The van der Waals surface area contributed by atoms with Crippen LogP contribution in [0.2, 0.25) is 0 Å². The number of piperidine rings is 1. The summed E-state index contributed by atoms with van der Waals surface area (Å²) in [5.41, 5.74) is 3.12. The summed E-state index contributed by atoms with van der Waals surface area (Å²) in [7, 11) is 0. The van der Waals surface area contributed by atoms with Gasteiger partial charge in [0.2, 0.25) is 11.9 Å². The van der Waals surface area contributed by atoms with Gasteiger partial charge in [-0.1, -0.05) is 13.0 Å². The number of carbonyl (C=O) groups is 1. The second kappa shape index (κ2) is 8.25. The predicted molar refractivity (Wildman–Crippen MR) is 109 cm³/mol. The molecule has 0 aromatic carbocycles. The third-order valence-electron chi connectivity index (χ3n) is 6.06. The topological polar surface area (TPSA) is 71.0 Å². The molecule has 2 aromatic heterocycles. The van der Waals surface area contributed by atoms with E-state index in [2.05, 4.69) is 27.1 Å². The highest BCUT2D eigenvalue weighted by molar-refractivity contribution is 5.79. The molecule has 1 aliphatic heterocycles. The van der Waals surface area contributed by atoms with Crippen LogP contribution in [0.15, 0.2) is 30.6 Å². The lowest BCUT2D eigenvalue weighted by atomic mass is 9.86. The van der Waals surface area contributed by atoms with E-state index in [9.17, 15) is 4.79 Å². The lowest BCUT2D eigenvalue weighted by Crippen LogP contribution is -2.37. The molecule has 4 rings (SSSR count). The maximum atomic E-state index is 12.7. The SMILES string of the molecule is CC1CCN(c2ncc3c(n2)CCC(C(=O)NC(C)c2ccccn2)C3)CC1. The fraction of sp³-hybridized carbons (Fsp3) is 0.545. The Labute approximate surface area is 166 Å². The normalized spacial score (nSPS) is 21.1. The molecule has 2 unspecified atom stereocenters. The summed E-state index contributed by atoms with van der Waals surface area (Å²) in [4.78, 5) is 28.8. The zero-order chi connectivity index (χ0) is 19.5. The Balaban J connectivity index is 1.38. The number of anilines is 1. The number of aromatic nitrogens is 3. The zero-order valence-corrected chi connectivity index (χ0v) is 16.8. The number of fused-ring (bicyclic) bond motifs is 1. The van der Waals surface area contributed by atoms with Crippen molar-refractivity contribution in [3.05, 3.63) is 47.5 Å². The van der Waals surface area contributed by atoms with Gasteiger partial charge >= 0.3 is 0 Å². The number of pyridine rings is 1. The minimum absolute atomic E-state index is 0.0241. The smallest absolute Gasteiger partial charge is 0.225 e. The fourth-order valence-electron chi connectivity index (χ4n) is 4.12. The molecule has 2 atom stereocenters. The van der Waals surface area contributed by atoms with Crippen LogP contribution in [-0.4, -0.2) is 33.9 Å². The van der Waals surface area contributed by atoms with Crippen LogP contribution in [-0.2, 0) is 17.6 Å². The van der Waals surface area contributed by atoms with E-state index >= 15 is 0 Å². The summed E-state index contributed by atoms with van der Waals surface area (Å²) in [5, 5.41) is 3.11. The molecule has 1 fully saturated rings. The highest BCUT2D eigenvalue weighted by Crippen LogP contribution is 2.27. The number of carbonyl (C=O) groups excluding carboxylic acids is 1. The van der Waals surface area contributed by atoms with Crippen LogP contribution >= 0.6 is 0 Å². The van der Waals surface area contributed by atoms with Crippen LogP contribution in [0.25, 0.3) is 0 Å². The van der Waals surface area contributed by atoms with E-state index in [4.69, 9.17) is 4.98 Å². The molecule has 0 saturated carbocycles. The summed E-state index contributed by atoms with van der Waals surface area (Å²) in [6.45, 7) is 6.36. The lowest BCUT2D eigenvalue weighted by molar-refractivity contribution is -0.126. The van der Waals surface area contributed by atoms with Crippen LogP contribution in [0.4, 0.5) is 5.95 Å². The maximum Gasteiger partial charge on any atom is 0.225 e. The molecule has 148 valence electrons. The first-order valence-corrected chi connectivity index (χ1v) is 10.4. The number of rotatable bonds is 4. The van der Waals surface area contributed by atoms with E-state index in [1.807, 2.05) is 31.3 Å². The molecule has 0 spiro atoms. The number of amides is 1. The molecule has 2 aromatic rings. The van der Waals surface area contributed by atoms with Gasteiger partial charge in [-0.2, -0.15) is 0 Å². The molecular formula is C22H29N5O. The maximum absolute atomic E-state index is 12.7. The lowest BCUT2D eigenvalue weighted by Gasteiger charge is -2.31. The summed E-state index contributed by atoms with van der Waals surface area (Å²) >= 11 is 0. The minimum Gasteiger partial charge on any atom is -0.348 e. The van der Waals surface area contributed by atoms with Crippen molar-refractivity contribution in [1.29, 1.82) is 0 Å². The van der Waals surface area contributed by atoms with Crippen molar-refractivity contribution in [2.75, 3.05) is 18.0 Å². The molecule has 6 heteroatoms. The largest absolute Gasteiger partial charge is 0.348 e. The molecule has 0 bridgehead atoms. The highest BCUT2D eigenvalue weighted by Gasteiger charge is 2.28. The number of hydrogen-bond donors (Lipinski definition) is 1. The molecule has 1 aliphatic carbocycles. The third kappa shape index (κ3) is 4.16. The molecular weight excluding hydrogens is 350 g/mol. The summed E-state index contributed by atoms with van der Waals surface area (Å²) in [6, 6.07) is 5.68. The van der Waals surface area contributed by atoms with Crippen molar-refractivity contribution < 1.29 is 4.79 Å². The van der Waals surface area contributed by atoms with Gasteiger partial charge in [-0.05, 0) is 62.6 Å². The summed E-state index contributed by atoms with van der Waals surface area (Å²) in [6.07, 6.45) is 8.50. The Morgan fingerprint density at radius 2 is 2.04 bits per heavy atom. The van der Waals surface area contributed by atoms with Crippen molar-refractivity contribution in [2.45, 2.75) is 52.0 Å². The van der Waals surface area contributed by atoms with E-state index in [-0.39, 0.29) is 17.9 Å². The number of nitrogens with one attached hydrogen (secondary N) is 1. The summed E-state index contributed by atoms with van der Waals surface area (Å²) in [5.74, 6) is 1.72. The molecule has 2 aliphatic rings. The predicted octanol–water partition coefficient (Wildman–Crippen LogP) is 3.09. The van der Waals surface area contributed by atoms with Crippen LogP contribution < -0.4 is 10.2 Å². The van der Waals surface area contributed by atoms with Gasteiger partial charge < -0.3 is 10.2 Å². The molecule has 1 N–H and O–H groups in total. The van der Waals surface area contributed by atoms with E-state index < -0.39 is 0 Å². The number of hydrogen-bond acceptors (Lipinski definition) is 5. The van der Waals surface area contributed by atoms with Gasteiger partial charge in [0.1, 0.15) is 0 Å². The average Bonchev–Trinajstić information content (AvgIpc) is 2.74. The first-order valence-electron chi connectivity index (χ1n) is 10.4. The first-order chi connectivity index (χ1) is 13.6. The molecule has 6 nitrogen and oxygen atoms in total. The molecule has 0 radical (unpaired) electrons. The van der Waals surface area contributed by atoms with Gasteiger partial charge in [0.05, 0.1) is 11.7 Å². The van der Waals surface area contributed by atoms with Crippen molar-refractivity contribution in [3.8, 4) is 0 Å². The zero-order valence-electron chi connectivity index (χ0n) is 16.8. The Bertz CT molecular complexity index is 817. The first kappa shape index (κ1) is 18.8. The third-order valence-corrected chi connectivity index (χ3v) is 6.06. The average molecular weight is 380 g/mol. The van der Waals surface area contributed by atoms with Crippen LogP contribution in [0.1, 0.15) is 56.1 Å². The molecule has 1 amide bonds. The van der Waals surface area contributed by atoms with Crippen molar-refractivity contribution in [3.63, 3.8) is 0 Å². The van der Waals surface area contributed by atoms with Gasteiger partial charge in [0, 0.05) is 37.1 Å². The van der Waals surface area contributed by atoms with Gasteiger partial charge in [0.15, 0.2) is 0 Å². The Morgan fingerprint density at radius 3 is 2.79 bits per heavy atom. The second-order valence-corrected chi connectivity index (χ2v) is 8.24. The highest BCUT2D eigenvalue weighted by atomic mass is 16.1. The van der Waals surface area contributed by atoms with Gasteiger partial charge in [-0.15, -0.1) is 0 Å². The molecule has 1 saturated heterocycles. The quantitative estimate of drug-likeness (QED) is 0.884.